The van der Waals surface area contributed by atoms with E-state index in [1.54, 1.807) is 19.3 Å². The summed E-state index contributed by atoms with van der Waals surface area (Å²) in [6, 6.07) is 11.9. The molecule has 0 amide bonds. The first-order chi connectivity index (χ1) is 15.8. The number of nitrogens with zero attached hydrogens (tertiary/aromatic N) is 2. The summed E-state index contributed by atoms with van der Waals surface area (Å²) < 4.78 is 8.92. The minimum Gasteiger partial charge on any atom is -0.478 e. The lowest BCUT2D eigenvalue weighted by Crippen LogP contribution is -2.03. The highest BCUT2D eigenvalue weighted by Crippen LogP contribution is 2.32. The van der Waals surface area contributed by atoms with Crippen molar-refractivity contribution in [2.75, 3.05) is 11.8 Å². The van der Waals surface area contributed by atoms with Crippen LogP contribution < -0.4 is 14.8 Å². The monoisotopic (exact) mass is 483 g/mol. The quantitative estimate of drug-likeness (QED) is 0.227. The summed E-state index contributed by atoms with van der Waals surface area (Å²) in [6.07, 6.45) is 2.86. The van der Waals surface area contributed by atoms with Gasteiger partial charge in [0.05, 0.1) is 16.2 Å². The van der Waals surface area contributed by atoms with E-state index in [9.17, 15) is 9.90 Å². The first-order valence-corrected chi connectivity index (χ1v) is 11.0. The lowest BCUT2D eigenvalue weighted by Gasteiger charge is -2.14. The van der Waals surface area contributed by atoms with Crippen LogP contribution in [-0.4, -0.2) is 34.3 Å². The Kier molecular flexibility index (Phi) is 7.92. The fourth-order valence-electron chi connectivity index (χ4n) is 3.08. The number of aromatic nitrogens is 2. The maximum Gasteiger partial charge on any atom is 0.335 e. The van der Waals surface area contributed by atoms with E-state index in [2.05, 4.69) is 20.0 Å². The zero-order valence-corrected chi connectivity index (χ0v) is 19.7. The summed E-state index contributed by atoms with van der Waals surface area (Å²) >= 11 is 7.23. The number of benzene rings is 2. The molecule has 0 aliphatic carbocycles. The van der Waals surface area contributed by atoms with Crippen molar-refractivity contribution >= 4 is 41.7 Å². The molecule has 0 unspecified atom stereocenters. The number of carboxylic acids is 1. The van der Waals surface area contributed by atoms with Crippen molar-refractivity contribution in [2.45, 2.75) is 13.8 Å². The second-order valence-corrected chi connectivity index (χ2v) is 8.26. The van der Waals surface area contributed by atoms with Crippen LogP contribution in [0, 0.1) is 19.3 Å². The molecule has 33 heavy (non-hydrogen) atoms. The number of anilines is 1. The van der Waals surface area contributed by atoms with Crippen LogP contribution in [0.3, 0.4) is 0 Å². The van der Waals surface area contributed by atoms with E-state index in [-0.39, 0.29) is 28.2 Å². The number of allylic oxidation sites excluding steroid dienone is 1. The lowest BCUT2D eigenvalue weighted by atomic mass is 10.00. The summed E-state index contributed by atoms with van der Waals surface area (Å²) in [4.78, 5) is 21.0. The van der Waals surface area contributed by atoms with E-state index in [0.717, 1.165) is 28.6 Å². The molecule has 4 N–H and O–H groups in total. The molecular weight excluding hydrogens is 462 g/mol. The summed E-state index contributed by atoms with van der Waals surface area (Å²) in [6.45, 7) is 3.98. The number of nitrogens with one attached hydrogen (secondary N) is 3. The fourth-order valence-corrected chi connectivity index (χ4v) is 3.84. The van der Waals surface area contributed by atoms with Crippen LogP contribution in [0.2, 0.25) is 5.02 Å². The van der Waals surface area contributed by atoms with Gasteiger partial charge in [0.25, 0.3) is 0 Å². The Bertz CT molecular complexity index is 1210. The zero-order valence-electron chi connectivity index (χ0n) is 18.1. The Balaban J connectivity index is 2.05. The van der Waals surface area contributed by atoms with Crippen molar-refractivity contribution in [1.29, 1.82) is 5.41 Å². The largest absolute Gasteiger partial charge is 0.478 e. The van der Waals surface area contributed by atoms with Crippen LogP contribution in [0.5, 0.6) is 11.6 Å². The number of hydrogen-bond donors (Lipinski definition) is 4. The van der Waals surface area contributed by atoms with Crippen LogP contribution in [0.4, 0.5) is 5.95 Å². The molecule has 0 atom stereocenters. The molecule has 0 radical (unpaired) electrons. The van der Waals surface area contributed by atoms with Crippen LogP contribution in [0.25, 0.3) is 11.3 Å². The van der Waals surface area contributed by atoms with Gasteiger partial charge >= 0.3 is 5.97 Å². The van der Waals surface area contributed by atoms with Crippen LogP contribution in [0.15, 0.2) is 53.6 Å². The van der Waals surface area contributed by atoms with Gasteiger partial charge in [0.15, 0.2) is 0 Å². The smallest absolute Gasteiger partial charge is 0.335 e. The van der Waals surface area contributed by atoms with E-state index in [4.69, 9.17) is 21.7 Å². The van der Waals surface area contributed by atoms with Gasteiger partial charge in [-0.1, -0.05) is 29.8 Å². The number of rotatable bonds is 9. The molecule has 0 aliphatic heterocycles. The normalized spacial score (nSPS) is 11.1. The maximum absolute atomic E-state index is 11.4. The lowest BCUT2D eigenvalue weighted by molar-refractivity contribution is 0.0696. The molecule has 0 saturated carbocycles. The minimum atomic E-state index is -1.12. The second kappa shape index (κ2) is 10.8. The van der Waals surface area contributed by atoms with Gasteiger partial charge < -0.3 is 20.6 Å². The molecule has 1 aromatic heterocycles. The SMILES string of the molecule is CN/C=C(\C=N)SNc1nc(Oc2cc(Cl)cc(C(=O)O)c2)cc(-c2c(C)cccc2C)n1. The third kappa shape index (κ3) is 6.24. The Hall–Kier alpha value is -3.56. The van der Waals surface area contributed by atoms with E-state index < -0.39 is 5.97 Å². The first kappa shape index (κ1) is 24.1. The van der Waals surface area contributed by atoms with E-state index >= 15 is 0 Å². The zero-order chi connectivity index (χ0) is 24.0. The molecule has 8 nitrogen and oxygen atoms in total. The molecule has 3 rings (SSSR count). The van der Waals surface area contributed by atoms with Gasteiger partial charge in [-0.15, -0.1) is 0 Å². The van der Waals surface area contributed by atoms with Crippen LogP contribution >= 0.6 is 23.5 Å². The fraction of sp³-hybridized carbons (Fsp3) is 0.130. The topological polar surface area (TPSA) is 120 Å². The van der Waals surface area contributed by atoms with Gasteiger partial charge in [-0.05, 0) is 55.1 Å². The number of aryl methyl sites for hydroxylation is 2. The molecule has 0 spiro atoms. The molecule has 0 saturated heterocycles. The average molecular weight is 484 g/mol. The molecular formula is C23H22ClN5O3S. The Morgan fingerprint density at radius 1 is 1.18 bits per heavy atom. The highest BCUT2D eigenvalue weighted by atomic mass is 35.5. The molecule has 0 bridgehead atoms. The summed E-state index contributed by atoms with van der Waals surface area (Å²) in [7, 11) is 1.74. The van der Waals surface area contributed by atoms with Crippen LogP contribution in [-0.2, 0) is 0 Å². The molecule has 170 valence electrons. The number of hydrogen-bond acceptors (Lipinski definition) is 8. The minimum absolute atomic E-state index is 0.00302. The molecule has 0 aliphatic rings. The van der Waals surface area contributed by atoms with E-state index in [1.807, 2.05) is 32.0 Å². The average Bonchev–Trinajstić information content (AvgIpc) is 2.76. The van der Waals surface area contributed by atoms with Gasteiger partial charge in [0.2, 0.25) is 11.8 Å². The number of carboxylic acid groups (broad SMARTS) is 1. The van der Waals surface area contributed by atoms with E-state index in [1.165, 1.54) is 24.4 Å². The van der Waals surface area contributed by atoms with Crippen molar-refractivity contribution in [3.05, 3.63) is 75.3 Å². The Labute approximate surface area is 200 Å². The van der Waals surface area contributed by atoms with Crippen molar-refractivity contribution in [2.24, 2.45) is 0 Å². The molecule has 10 heteroatoms. The van der Waals surface area contributed by atoms with Crippen molar-refractivity contribution in [3.63, 3.8) is 0 Å². The maximum atomic E-state index is 11.4. The molecule has 3 aromatic rings. The van der Waals surface area contributed by atoms with E-state index in [0.29, 0.717) is 10.6 Å². The Morgan fingerprint density at radius 3 is 2.55 bits per heavy atom. The number of ether oxygens (including phenoxy) is 1. The third-order valence-corrected chi connectivity index (χ3v) is 5.44. The van der Waals surface area contributed by atoms with Crippen LogP contribution in [0.1, 0.15) is 21.5 Å². The molecule has 0 fully saturated rings. The highest BCUT2D eigenvalue weighted by molar-refractivity contribution is 8.05. The highest BCUT2D eigenvalue weighted by Gasteiger charge is 2.14. The second-order valence-electron chi connectivity index (χ2n) is 6.95. The number of halogens is 1. The van der Waals surface area contributed by atoms with Crippen molar-refractivity contribution in [1.82, 2.24) is 15.3 Å². The standard InChI is InChI=1S/C23H22ClN5O3S/c1-13-5-4-6-14(2)21(13)19-10-20(28-23(27-19)29-33-18(11-25)12-26-3)32-17-8-15(22(30)31)7-16(24)9-17/h4-12,25-26H,1-3H3,(H,30,31)(H,27,28,29)/b18-12+,25-11?. The summed E-state index contributed by atoms with van der Waals surface area (Å²) in [5, 5.41) is 19.9. The molecule has 2 aromatic carbocycles. The number of carbonyl (C=O) groups is 1. The van der Waals surface area contributed by atoms with Gasteiger partial charge in [-0.2, -0.15) is 4.98 Å². The van der Waals surface area contributed by atoms with Crippen molar-refractivity contribution in [3.8, 4) is 22.9 Å². The van der Waals surface area contributed by atoms with Gasteiger partial charge in [0.1, 0.15) is 5.75 Å². The number of aromatic carboxylic acids is 1. The summed E-state index contributed by atoms with van der Waals surface area (Å²) in [5.41, 5.74) is 3.64. The van der Waals surface area contributed by atoms with Crippen molar-refractivity contribution < 1.29 is 14.6 Å². The Morgan fingerprint density at radius 2 is 1.91 bits per heavy atom. The van der Waals surface area contributed by atoms with Gasteiger partial charge in [0, 0.05) is 36.1 Å². The van der Waals surface area contributed by atoms with Gasteiger partial charge in [-0.25, -0.2) is 9.78 Å². The predicted octanol–water partition coefficient (Wildman–Crippen LogP) is 5.67. The summed E-state index contributed by atoms with van der Waals surface area (Å²) in [5.74, 6) is -0.409. The molecule has 1 heterocycles. The third-order valence-electron chi connectivity index (χ3n) is 4.47. The predicted molar refractivity (Wildman–Crippen MR) is 133 cm³/mol. The van der Waals surface area contributed by atoms with Gasteiger partial charge in [-0.3, -0.25) is 4.72 Å². The first-order valence-electron chi connectivity index (χ1n) is 9.79.